The Hall–Kier alpha value is -1.03. The summed E-state index contributed by atoms with van der Waals surface area (Å²) >= 11 is 0. The van der Waals surface area contributed by atoms with Crippen molar-refractivity contribution in [2.75, 3.05) is 19.0 Å². The zero-order valence-corrected chi connectivity index (χ0v) is 7.80. The first-order chi connectivity index (χ1) is 6.42. The zero-order chi connectivity index (χ0) is 9.10. The third-order valence-corrected chi connectivity index (χ3v) is 2.29. The lowest BCUT2D eigenvalue weighted by atomic mass is 10.1. The molecule has 2 heterocycles. The normalized spacial score (nSPS) is 16.1. The van der Waals surface area contributed by atoms with Gasteiger partial charge in [-0.3, -0.25) is 0 Å². The molecule has 4 nitrogen and oxygen atoms in total. The van der Waals surface area contributed by atoms with Gasteiger partial charge in [-0.2, -0.15) is 0 Å². The molecule has 0 amide bonds. The average Bonchev–Trinajstić information content (AvgIpc) is 2.38. The molecule has 1 N–H and O–H groups in total. The molecule has 4 heteroatoms. The summed E-state index contributed by atoms with van der Waals surface area (Å²) in [6.07, 6.45) is 3.43. The molecule has 0 radical (unpaired) electrons. The van der Waals surface area contributed by atoms with Crippen LogP contribution in [0.3, 0.4) is 0 Å². The van der Waals surface area contributed by atoms with Gasteiger partial charge in [-0.05, 0) is 19.3 Å². The molecule has 0 fully saturated rings. The number of aromatic nitrogens is 1. The van der Waals surface area contributed by atoms with Crippen LogP contribution in [0.5, 0.6) is 0 Å². The molecule has 0 bridgehead atoms. The van der Waals surface area contributed by atoms with E-state index in [2.05, 4.69) is 10.5 Å². The summed E-state index contributed by atoms with van der Waals surface area (Å²) < 4.78 is 10.2. The van der Waals surface area contributed by atoms with Crippen molar-refractivity contribution in [1.82, 2.24) is 5.16 Å². The molecule has 0 saturated heterocycles. The van der Waals surface area contributed by atoms with Crippen molar-refractivity contribution in [3.8, 4) is 0 Å². The lowest BCUT2D eigenvalue weighted by Crippen LogP contribution is -1.97. The van der Waals surface area contributed by atoms with Crippen molar-refractivity contribution >= 4 is 5.88 Å². The van der Waals surface area contributed by atoms with E-state index < -0.39 is 0 Å². The topological polar surface area (TPSA) is 47.3 Å². The summed E-state index contributed by atoms with van der Waals surface area (Å²) in [5.74, 6) is 0.838. The van der Waals surface area contributed by atoms with E-state index in [1.807, 2.05) is 0 Å². The van der Waals surface area contributed by atoms with Crippen LogP contribution in [0.4, 0.5) is 5.88 Å². The number of fused-ring (bicyclic) bond motifs is 1. The number of rotatable bonds is 2. The fourth-order valence-electron chi connectivity index (χ4n) is 1.62. The summed E-state index contributed by atoms with van der Waals surface area (Å²) in [6.45, 7) is 1.52. The summed E-state index contributed by atoms with van der Waals surface area (Å²) in [4.78, 5) is 0. The third-order valence-electron chi connectivity index (χ3n) is 2.29. The Morgan fingerprint density at radius 1 is 1.54 bits per heavy atom. The van der Waals surface area contributed by atoms with Crippen LogP contribution >= 0.6 is 0 Å². The van der Waals surface area contributed by atoms with E-state index in [0.717, 1.165) is 24.5 Å². The summed E-state index contributed by atoms with van der Waals surface area (Å²) in [5.41, 5.74) is 2.13. The van der Waals surface area contributed by atoms with Gasteiger partial charge in [-0.1, -0.05) is 5.16 Å². The maximum atomic E-state index is 5.18. The highest BCUT2D eigenvalue weighted by Crippen LogP contribution is 2.24. The fourth-order valence-corrected chi connectivity index (χ4v) is 1.62. The fraction of sp³-hybridized carbons (Fsp3) is 0.667. The monoisotopic (exact) mass is 182 g/mol. The van der Waals surface area contributed by atoms with Crippen molar-refractivity contribution in [3.63, 3.8) is 0 Å². The van der Waals surface area contributed by atoms with Crippen LogP contribution in [0, 0.1) is 0 Å². The minimum atomic E-state index is 0.542. The van der Waals surface area contributed by atoms with Gasteiger partial charge in [0.05, 0.1) is 6.61 Å². The molecule has 0 atom stereocenters. The van der Waals surface area contributed by atoms with Crippen LogP contribution in [0.15, 0.2) is 4.52 Å². The maximum absolute atomic E-state index is 5.18. The largest absolute Gasteiger partial charge is 0.378 e. The highest BCUT2D eigenvalue weighted by atomic mass is 16.5. The zero-order valence-electron chi connectivity index (χ0n) is 7.80. The van der Waals surface area contributed by atoms with Crippen molar-refractivity contribution in [2.45, 2.75) is 25.9 Å². The SMILES string of the molecule is COCc1noc2c1CCCCN2. The van der Waals surface area contributed by atoms with Crippen LogP contribution in [0.2, 0.25) is 0 Å². The summed E-state index contributed by atoms with van der Waals surface area (Å²) in [6, 6.07) is 0. The lowest BCUT2D eigenvalue weighted by Gasteiger charge is -1.97. The second-order valence-corrected chi connectivity index (χ2v) is 3.25. The molecule has 1 aromatic rings. The average molecular weight is 182 g/mol. The van der Waals surface area contributed by atoms with E-state index >= 15 is 0 Å². The third kappa shape index (κ3) is 1.67. The van der Waals surface area contributed by atoms with E-state index in [1.165, 1.54) is 18.4 Å². The Bertz CT molecular complexity index is 283. The smallest absolute Gasteiger partial charge is 0.228 e. The molecule has 72 valence electrons. The Morgan fingerprint density at radius 2 is 2.46 bits per heavy atom. The molecular weight excluding hydrogens is 168 g/mol. The van der Waals surface area contributed by atoms with E-state index in [-0.39, 0.29) is 0 Å². The molecular formula is C9H14N2O2. The molecule has 0 aliphatic carbocycles. The van der Waals surface area contributed by atoms with Gasteiger partial charge in [0.2, 0.25) is 5.88 Å². The molecule has 1 aliphatic heterocycles. The second-order valence-electron chi connectivity index (χ2n) is 3.25. The van der Waals surface area contributed by atoms with E-state index in [1.54, 1.807) is 7.11 Å². The molecule has 13 heavy (non-hydrogen) atoms. The van der Waals surface area contributed by atoms with Crippen molar-refractivity contribution in [1.29, 1.82) is 0 Å². The van der Waals surface area contributed by atoms with Crippen LogP contribution < -0.4 is 5.32 Å². The first-order valence-corrected chi connectivity index (χ1v) is 4.62. The lowest BCUT2D eigenvalue weighted by molar-refractivity contribution is 0.176. The van der Waals surface area contributed by atoms with Crippen molar-refractivity contribution < 1.29 is 9.26 Å². The van der Waals surface area contributed by atoms with Gasteiger partial charge < -0.3 is 14.6 Å². The summed E-state index contributed by atoms with van der Waals surface area (Å²) in [7, 11) is 1.67. The van der Waals surface area contributed by atoms with Crippen LogP contribution in [-0.2, 0) is 17.8 Å². The highest BCUT2D eigenvalue weighted by Gasteiger charge is 2.17. The van der Waals surface area contributed by atoms with E-state index in [4.69, 9.17) is 9.26 Å². The molecule has 0 aromatic carbocycles. The number of anilines is 1. The standard InChI is InChI=1S/C9H14N2O2/c1-12-6-8-7-4-2-3-5-10-9(7)13-11-8/h10H,2-6H2,1H3. The maximum Gasteiger partial charge on any atom is 0.228 e. The molecule has 0 spiro atoms. The highest BCUT2D eigenvalue weighted by molar-refractivity contribution is 5.44. The molecule has 1 aromatic heterocycles. The number of hydrogen-bond donors (Lipinski definition) is 1. The Morgan fingerprint density at radius 3 is 3.31 bits per heavy atom. The number of nitrogens with zero attached hydrogens (tertiary/aromatic N) is 1. The minimum absolute atomic E-state index is 0.542. The Kier molecular flexibility index (Phi) is 2.49. The molecule has 2 rings (SSSR count). The molecule has 0 unspecified atom stereocenters. The van der Waals surface area contributed by atoms with Gasteiger partial charge in [-0.25, -0.2) is 0 Å². The molecule has 0 saturated carbocycles. The number of ether oxygens (including phenoxy) is 1. The Balaban J connectivity index is 2.23. The van der Waals surface area contributed by atoms with Crippen molar-refractivity contribution in [3.05, 3.63) is 11.3 Å². The molecule has 1 aliphatic rings. The minimum Gasteiger partial charge on any atom is -0.378 e. The van der Waals surface area contributed by atoms with Gasteiger partial charge in [-0.15, -0.1) is 0 Å². The van der Waals surface area contributed by atoms with E-state index in [9.17, 15) is 0 Å². The number of methoxy groups -OCH3 is 1. The summed E-state index contributed by atoms with van der Waals surface area (Å²) in [5, 5.41) is 7.19. The quantitative estimate of drug-likeness (QED) is 0.754. The van der Waals surface area contributed by atoms with Gasteiger partial charge in [0, 0.05) is 19.2 Å². The van der Waals surface area contributed by atoms with E-state index in [0.29, 0.717) is 6.61 Å². The van der Waals surface area contributed by atoms with Gasteiger partial charge in [0.1, 0.15) is 5.69 Å². The van der Waals surface area contributed by atoms with Crippen molar-refractivity contribution in [2.24, 2.45) is 0 Å². The second kappa shape index (κ2) is 3.79. The predicted octanol–water partition coefficient (Wildman–Crippen LogP) is 1.57. The first kappa shape index (κ1) is 8.56. The number of hydrogen-bond acceptors (Lipinski definition) is 4. The van der Waals surface area contributed by atoms with Gasteiger partial charge in [0.25, 0.3) is 0 Å². The van der Waals surface area contributed by atoms with Gasteiger partial charge in [0.15, 0.2) is 0 Å². The first-order valence-electron chi connectivity index (χ1n) is 4.62. The number of nitrogens with one attached hydrogen (secondary N) is 1. The van der Waals surface area contributed by atoms with Crippen LogP contribution in [-0.4, -0.2) is 18.8 Å². The van der Waals surface area contributed by atoms with Crippen LogP contribution in [0.1, 0.15) is 24.1 Å². The van der Waals surface area contributed by atoms with Gasteiger partial charge >= 0.3 is 0 Å². The van der Waals surface area contributed by atoms with Crippen LogP contribution in [0.25, 0.3) is 0 Å². The predicted molar refractivity (Wildman–Crippen MR) is 48.6 cm³/mol. The Labute approximate surface area is 77.2 Å².